The van der Waals surface area contributed by atoms with E-state index in [4.69, 9.17) is 11.6 Å². The second-order valence-corrected chi connectivity index (χ2v) is 13.6. The summed E-state index contributed by atoms with van der Waals surface area (Å²) in [5.74, 6) is -6.81. The number of halogens is 4. The van der Waals surface area contributed by atoms with Crippen LogP contribution < -0.4 is 5.32 Å². The Hall–Kier alpha value is -3.03. The van der Waals surface area contributed by atoms with Crippen LogP contribution in [0.4, 0.5) is 18.9 Å². The van der Waals surface area contributed by atoms with Crippen molar-refractivity contribution in [3.63, 3.8) is 0 Å². The third-order valence-corrected chi connectivity index (χ3v) is 11.0. The second kappa shape index (κ2) is 12.9. The van der Waals surface area contributed by atoms with Crippen LogP contribution in [0, 0.1) is 29.3 Å². The predicted octanol–water partition coefficient (Wildman–Crippen LogP) is 5.22. The molecule has 1 saturated carbocycles. The zero-order chi connectivity index (χ0) is 31.7. The van der Waals surface area contributed by atoms with Crippen LogP contribution in [0.1, 0.15) is 61.6 Å². The number of aliphatic hydroxyl groups is 3. The fourth-order valence-electron chi connectivity index (χ4n) is 5.85. The summed E-state index contributed by atoms with van der Waals surface area (Å²) >= 11 is 6.28. The lowest BCUT2D eigenvalue weighted by molar-refractivity contribution is -0.130. The number of hydrogen-bond donors (Lipinski definition) is 4. The smallest absolute Gasteiger partial charge is 0.255 e. The number of anilines is 1. The van der Waals surface area contributed by atoms with Crippen LogP contribution in [0.2, 0.25) is 5.02 Å². The normalized spacial score (nSPS) is 23.9. The summed E-state index contributed by atoms with van der Waals surface area (Å²) in [6, 6.07) is 7.90. The van der Waals surface area contributed by atoms with Gasteiger partial charge in [-0.25, -0.2) is 21.6 Å². The molecule has 6 atom stereocenters. The molecule has 2 aromatic carbocycles. The molecular formula is C30H32ClF3N2O6S. The number of sulfone groups is 1. The first-order valence-corrected chi connectivity index (χ1v) is 15.6. The molecule has 4 N–H and O–H groups in total. The molecule has 0 aliphatic heterocycles. The minimum Gasteiger partial charge on any atom is -0.390 e. The minimum atomic E-state index is -4.17. The van der Waals surface area contributed by atoms with Crippen molar-refractivity contribution in [1.82, 2.24) is 4.98 Å². The number of pyridine rings is 1. The number of hydrogen-bond acceptors (Lipinski definition) is 7. The molecule has 0 radical (unpaired) electrons. The number of benzene rings is 2. The average molecular weight is 641 g/mol. The third kappa shape index (κ3) is 6.73. The van der Waals surface area contributed by atoms with Gasteiger partial charge in [0.2, 0.25) is 0 Å². The first-order valence-electron chi connectivity index (χ1n) is 13.7. The van der Waals surface area contributed by atoms with E-state index in [2.05, 4.69) is 10.3 Å². The van der Waals surface area contributed by atoms with E-state index in [0.29, 0.717) is 24.1 Å². The molecule has 0 saturated heterocycles. The molecule has 3 unspecified atom stereocenters. The van der Waals surface area contributed by atoms with Crippen LogP contribution >= 0.6 is 11.6 Å². The van der Waals surface area contributed by atoms with Crippen LogP contribution in [-0.4, -0.2) is 51.6 Å². The number of carbonyl (C=O) groups excluding carboxylic acids is 1. The summed E-state index contributed by atoms with van der Waals surface area (Å²) in [4.78, 5) is 16.4. The molecule has 232 valence electrons. The number of nitrogens with one attached hydrogen (secondary N) is 1. The molecule has 1 aliphatic rings. The van der Waals surface area contributed by atoms with E-state index >= 15 is 0 Å². The van der Waals surface area contributed by atoms with Gasteiger partial charge < -0.3 is 20.6 Å². The van der Waals surface area contributed by atoms with Crippen molar-refractivity contribution in [2.75, 3.05) is 5.32 Å². The molecule has 0 bridgehead atoms. The van der Waals surface area contributed by atoms with Gasteiger partial charge in [0.25, 0.3) is 5.91 Å². The van der Waals surface area contributed by atoms with E-state index in [9.17, 15) is 41.7 Å². The fraction of sp³-hybridized carbons (Fsp3) is 0.400. The maximum atomic E-state index is 13.9. The molecule has 1 heterocycles. The molecule has 1 amide bonds. The molecule has 1 aromatic heterocycles. The summed E-state index contributed by atoms with van der Waals surface area (Å²) in [6.45, 7) is 3.47. The molecular weight excluding hydrogens is 609 g/mol. The summed E-state index contributed by atoms with van der Waals surface area (Å²) in [6.07, 6.45) is 0.500. The van der Waals surface area contributed by atoms with Crippen molar-refractivity contribution in [2.24, 2.45) is 11.8 Å². The van der Waals surface area contributed by atoms with Crippen LogP contribution in [0.15, 0.2) is 59.8 Å². The van der Waals surface area contributed by atoms with E-state index in [1.54, 1.807) is 26.0 Å². The summed E-state index contributed by atoms with van der Waals surface area (Å²) < 4.78 is 68.2. The highest BCUT2D eigenvalue weighted by Gasteiger charge is 2.51. The van der Waals surface area contributed by atoms with Crippen molar-refractivity contribution >= 4 is 33.0 Å². The number of aromatic nitrogens is 1. The molecule has 43 heavy (non-hydrogen) atoms. The second-order valence-electron chi connectivity index (χ2n) is 11.0. The first kappa shape index (κ1) is 32.9. The molecule has 1 fully saturated rings. The zero-order valence-electron chi connectivity index (χ0n) is 23.3. The van der Waals surface area contributed by atoms with E-state index in [-0.39, 0.29) is 40.4 Å². The highest BCUT2D eigenvalue weighted by Crippen LogP contribution is 2.47. The predicted molar refractivity (Wildman–Crippen MR) is 154 cm³/mol. The molecule has 1 aliphatic carbocycles. The quantitative estimate of drug-likeness (QED) is 0.236. The number of carbonyl (C=O) groups is 1. The summed E-state index contributed by atoms with van der Waals surface area (Å²) in [5.41, 5.74) is -1.66. The van der Waals surface area contributed by atoms with Crippen LogP contribution in [0.3, 0.4) is 0 Å². The minimum absolute atomic E-state index is 0.00588. The van der Waals surface area contributed by atoms with Crippen molar-refractivity contribution < 1.29 is 41.7 Å². The Morgan fingerprint density at radius 1 is 1.14 bits per heavy atom. The van der Waals surface area contributed by atoms with E-state index in [0.717, 1.165) is 6.07 Å². The number of aliphatic hydroxyl groups excluding tert-OH is 2. The Bertz CT molecular complexity index is 1570. The molecule has 3 aromatic rings. The van der Waals surface area contributed by atoms with Gasteiger partial charge in [-0.05, 0) is 48.9 Å². The monoisotopic (exact) mass is 640 g/mol. The Morgan fingerprint density at radius 3 is 2.42 bits per heavy atom. The van der Waals surface area contributed by atoms with Gasteiger partial charge in [0.1, 0.15) is 6.10 Å². The van der Waals surface area contributed by atoms with Crippen LogP contribution in [-0.2, 0) is 9.84 Å². The van der Waals surface area contributed by atoms with E-state index in [1.165, 1.54) is 24.5 Å². The van der Waals surface area contributed by atoms with Crippen molar-refractivity contribution in [3.05, 3.63) is 88.5 Å². The van der Waals surface area contributed by atoms with E-state index < -0.39 is 68.1 Å². The van der Waals surface area contributed by atoms with Crippen molar-refractivity contribution in [1.29, 1.82) is 0 Å². The SMILES string of the molecule is CCC1C[C@@H](S(=O)(=O)c2cc(C(=O)Nc3cc(F)c(F)c(F)c3)ccc2Cl)C[C@H](C)[C@@]1(O)CC(O)C(O)c1cccnc1. The summed E-state index contributed by atoms with van der Waals surface area (Å²) in [7, 11) is -4.17. The van der Waals surface area contributed by atoms with Gasteiger partial charge in [0, 0.05) is 47.8 Å². The first-order chi connectivity index (χ1) is 20.2. The summed E-state index contributed by atoms with van der Waals surface area (Å²) in [5, 5.41) is 34.3. The maximum Gasteiger partial charge on any atom is 0.255 e. The number of nitrogens with zero attached hydrogens (tertiary/aromatic N) is 1. The van der Waals surface area contributed by atoms with Gasteiger partial charge in [0.15, 0.2) is 27.3 Å². The van der Waals surface area contributed by atoms with Crippen molar-refractivity contribution in [2.45, 2.75) is 67.5 Å². The Balaban J connectivity index is 1.56. The topological polar surface area (TPSA) is 137 Å². The molecule has 0 spiro atoms. The number of amides is 1. The third-order valence-electron chi connectivity index (χ3n) is 8.32. The van der Waals surface area contributed by atoms with Gasteiger partial charge in [-0.1, -0.05) is 37.9 Å². The standard InChI is InChI=1S/C30H32ClF3N2O6S/c1-3-19-11-21(9-16(2)30(19,40)14-25(37)28(38)18-5-4-8-35-15-18)43(41,42)26-10-17(6-7-22(26)31)29(39)36-20-12-23(32)27(34)24(33)13-20/h4-8,10,12-13,15-16,19,21,25,28,37-38,40H,3,9,11,14H2,1-2H3,(H,36,39)/t16-,19?,21-,25?,28?,30-/m0/s1. The van der Waals surface area contributed by atoms with Crippen molar-refractivity contribution in [3.8, 4) is 0 Å². The highest BCUT2D eigenvalue weighted by atomic mass is 35.5. The van der Waals surface area contributed by atoms with Gasteiger partial charge in [-0.3, -0.25) is 9.78 Å². The fourth-order valence-corrected chi connectivity index (χ4v) is 8.31. The van der Waals surface area contributed by atoms with Gasteiger partial charge in [0.05, 0.1) is 26.9 Å². The van der Waals surface area contributed by atoms with Gasteiger partial charge in [-0.2, -0.15) is 0 Å². The molecule has 8 nitrogen and oxygen atoms in total. The molecule has 13 heteroatoms. The van der Waals surface area contributed by atoms with Crippen LogP contribution in [0.25, 0.3) is 0 Å². The zero-order valence-corrected chi connectivity index (χ0v) is 24.9. The van der Waals surface area contributed by atoms with Gasteiger partial charge in [-0.15, -0.1) is 0 Å². The molecule has 4 rings (SSSR count). The van der Waals surface area contributed by atoms with Crippen LogP contribution in [0.5, 0.6) is 0 Å². The highest BCUT2D eigenvalue weighted by molar-refractivity contribution is 7.92. The lowest BCUT2D eigenvalue weighted by Gasteiger charge is -2.48. The van der Waals surface area contributed by atoms with Gasteiger partial charge >= 0.3 is 0 Å². The van der Waals surface area contributed by atoms with E-state index in [1.807, 2.05) is 0 Å². The lowest BCUT2D eigenvalue weighted by Crippen LogP contribution is -2.53. The maximum absolute atomic E-state index is 13.9. The Morgan fingerprint density at radius 2 is 1.81 bits per heavy atom. The number of rotatable bonds is 9. The average Bonchev–Trinajstić information content (AvgIpc) is 2.97. The largest absolute Gasteiger partial charge is 0.390 e. The Kier molecular flexibility index (Phi) is 9.87. The lowest BCUT2D eigenvalue weighted by atomic mass is 9.65. The Labute approximate surface area is 252 Å².